The van der Waals surface area contributed by atoms with E-state index in [1.807, 2.05) is 13.8 Å². The minimum Gasteiger partial charge on any atom is -0.478 e. The van der Waals surface area contributed by atoms with Crippen LogP contribution >= 0.6 is 0 Å². The van der Waals surface area contributed by atoms with E-state index in [1.165, 1.54) is 0 Å². The molecule has 4 nitrogen and oxygen atoms in total. The average Bonchev–Trinajstić information content (AvgIpc) is 2.95. The van der Waals surface area contributed by atoms with E-state index in [2.05, 4.69) is 5.32 Å². The van der Waals surface area contributed by atoms with Gasteiger partial charge in [0.15, 0.2) is 0 Å². The molecule has 0 saturated heterocycles. The van der Waals surface area contributed by atoms with Crippen LogP contribution in [0.25, 0.3) is 0 Å². The maximum Gasteiger partial charge on any atom is 0.417 e. The Labute approximate surface area is 119 Å². The number of hydrogen-bond acceptors (Lipinski definition) is 2. The van der Waals surface area contributed by atoms with Gasteiger partial charge in [0.05, 0.1) is 16.7 Å². The highest BCUT2D eigenvalue weighted by molar-refractivity contribution is 5.98. The van der Waals surface area contributed by atoms with Crippen molar-refractivity contribution in [3.8, 4) is 0 Å². The Balaban J connectivity index is 2.34. The summed E-state index contributed by atoms with van der Waals surface area (Å²) in [6.07, 6.45) is -4.79. The van der Waals surface area contributed by atoms with Crippen LogP contribution in [0.5, 0.6) is 0 Å². The number of nitrogens with one attached hydrogen (secondary N) is 1. The monoisotopic (exact) mass is 301 g/mol. The summed E-state index contributed by atoms with van der Waals surface area (Å²) in [6, 6.07) is 2.24. The predicted octanol–water partition coefficient (Wildman–Crippen LogP) is 2.79. The molecule has 0 heterocycles. The maximum atomic E-state index is 13.0. The van der Waals surface area contributed by atoms with Crippen molar-refractivity contribution in [3.05, 3.63) is 34.9 Å². The minimum absolute atomic E-state index is 0.141. The molecule has 21 heavy (non-hydrogen) atoms. The molecule has 2 N–H and O–H groups in total. The molecule has 1 fully saturated rings. The van der Waals surface area contributed by atoms with E-state index in [0.29, 0.717) is 6.07 Å². The smallest absolute Gasteiger partial charge is 0.417 e. The number of carboxylic acids is 1. The van der Waals surface area contributed by atoms with Crippen molar-refractivity contribution in [2.24, 2.45) is 11.8 Å². The molecular formula is C14H14F3NO3. The number of alkyl halides is 3. The van der Waals surface area contributed by atoms with Gasteiger partial charge in [-0.3, -0.25) is 4.79 Å². The molecule has 1 amide bonds. The van der Waals surface area contributed by atoms with Gasteiger partial charge in [0.25, 0.3) is 5.91 Å². The van der Waals surface area contributed by atoms with E-state index in [1.54, 1.807) is 0 Å². The van der Waals surface area contributed by atoms with E-state index in [9.17, 15) is 22.8 Å². The van der Waals surface area contributed by atoms with Gasteiger partial charge in [-0.25, -0.2) is 4.79 Å². The third kappa shape index (κ3) is 3.01. The largest absolute Gasteiger partial charge is 0.478 e. The molecule has 0 aliphatic heterocycles. The second-order valence-corrected chi connectivity index (χ2v) is 5.28. The van der Waals surface area contributed by atoms with E-state index in [-0.39, 0.29) is 17.9 Å². The lowest BCUT2D eigenvalue weighted by molar-refractivity contribution is -0.137. The van der Waals surface area contributed by atoms with Gasteiger partial charge in [-0.2, -0.15) is 13.2 Å². The highest BCUT2D eigenvalue weighted by atomic mass is 19.4. The molecule has 1 aliphatic rings. The van der Waals surface area contributed by atoms with Gasteiger partial charge in [0.1, 0.15) is 0 Å². The Hall–Kier alpha value is -2.05. The topological polar surface area (TPSA) is 66.4 Å². The van der Waals surface area contributed by atoms with Crippen LogP contribution in [0.4, 0.5) is 13.2 Å². The van der Waals surface area contributed by atoms with Crippen molar-refractivity contribution < 1.29 is 27.9 Å². The zero-order valence-corrected chi connectivity index (χ0v) is 11.4. The summed E-state index contributed by atoms with van der Waals surface area (Å²) in [6.45, 7) is 3.79. The summed E-state index contributed by atoms with van der Waals surface area (Å²) in [7, 11) is 0. The lowest BCUT2D eigenvalue weighted by atomic mass is 10.0. The Bertz CT molecular complexity index is 590. The number of benzene rings is 1. The van der Waals surface area contributed by atoms with Crippen LogP contribution in [0.3, 0.4) is 0 Å². The first-order valence-electron chi connectivity index (χ1n) is 6.38. The molecular weight excluding hydrogens is 287 g/mol. The molecule has 3 atom stereocenters. The van der Waals surface area contributed by atoms with Gasteiger partial charge in [-0.15, -0.1) is 0 Å². The minimum atomic E-state index is -4.79. The number of halogens is 3. The molecule has 114 valence electrons. The SMILES string of the molecule is C[C@@H]1C(NC(=O)c2ccc(C(=O)O)cc2C(F)(F)F)[C@@H]1C. The lowest BCUT2D eigenvalue weighted by Crippen LogP contribution is -2.29. The molecule has 7 heteroatoms. The van der Waals surface area contributed by atoms with Gasteiger partial charge in [-0.1, -0.05) is 13.8 Å². The molecule has 1 aromatic carbocycles. The number of carboxylic acid groups (broad SMARTS) is 1. The summed E-state index contributed by atoms with van der Waals surface area (Å²) >= 11 is 0. The number of rotatable bonds is 3. The fourth-order valence-electron chi connectivity index (χ4n) is 2.26. The summed E-state index contributed by atoms with van der Waals surface area (Å²) in [5.74, 6) is -1.86. The van der Waals surface area contributed by atoms with E-state index in [0.717, 1.165) is 12.1 Å². The number of aromatic carboxylic acids is 1. The number of carbonyl (C=O) groups excluding carboxylic acids is 1. The van der Waals surface area contributed by atoms with Crippen LogP contribution in [0.1, 0.15) is 40.1 Å². The fraction of sp³-hybridized carbons (Fsp3) is 0.429. The van der Waals surface area contributed by atoms with Crippen LogP contribution < -0.4 is 5.32 Å². The first-order chi connectivity index (χ1) is 9.62. The number of amides is 1. The molecule has 0 aromatic heterocycles. The molecule has 2 rings (SSSR count). The molecule has 1 unspecified atom stereocenters. The maximum absolute atomic E-state index is 13.0. The van der Waals surface area contributed by atoms with Gasteiger partial charge in [0.2, 0.25) is 0 Å². The summed E-state index contributed by atoms with van der Waals surface area (Å²) in [5, 5.41) is 11.3. The van der Waals surface area contributed by atoms with Crippen molar-refractivity contribution >= 4 is 11.9 Å². The first kappa shape index (κ1) is 15.3. The highest BCUT2D eigenvalue weighted by Crippen LogP contribution is 2.38. The van der Waals surface area contributed by atoms with Crippen LogP contribution in [0.15, 0.2) is 18.2 Å². The molecule has 0 radical (unpaired) electrons. The van der Waals surface area contributed by atoms with Crippen LogP contribution in [0, 0.1) is 11.8 Å². The third-order valence-corrected chi connectivity index (χ3v) is 3.94. The Kier molecular flexibility index (Phi) is 3.69. The first-order valence-corrected chi connectivity index (χ1v) is 6.38. The van der Waals surface area contributed by atoms with Crippen molar-refractivity contribution in [1.82, 2.24) is 5.32 Å². The Morgan fingerprint density at radius 1 is 1.19 bits per heavy atom. The van der Waals surface area contributed by atoms with Crippen molar-refractivity contribution in [2.75, 3.05) is 0 Å². The van der Waals surface area contributed by atoms with Crippen molar-refractivity contribution in [1.29, 1.82) is 0 Å². The molecule has 0 spiro atoms. The summed E-state index contributed by atoms with van der Waals surface area (Å²) < 4.78 is 39.0. The second kappa shape index (κ2) is 5.05. The van der Waals surface area contributed by atoms with Crippen molar-refractivity contribution in [3.63, 3.8) is 0 Å². The number of carbonyl (C=O) groups is 2. The fourth-order valence-corrected chi connectivity index (χ4v) is 2.26. The summed E-state index contributed by atoms with van der Waals surface area (Å²) in [5.41, 5.74) is -2.30. The zero-order chi connectivity index (χ0) is 15.9. The van der Waals surface area contributed by atoms with Gasteiger partial charge < -0.3 is 10.4 Å². The highest BCUT2D eigenvalue weighted by Gasteiger charge is 2.45. The predicted molar refractivity (Wildman–Crippen MR) is 68.0 cm³/mol. The van der Waals surface area contributed by atoms with E-state index >= 15 is 0 Å². The summed E-state index contributed by atoms with van der Waals surface area (Å²) in [4.78, 5) is 22.7. The lowest BCUT2D eigenvalue weighted by Gasteiger charge is -2.13. The van der Waals surface area contributed by atoms with Crippen LogP contribution in [-0.4, -0.2) is 23.0 Å². The van der Waals surface area contributed by atoms with E-state index < -0.39 is 34.7 Å². The second-order valence-electron chi connectivity index (χ2n) is 5.28. The van der Waals surface area contributed by atoms with E-state index in [4.69, 9.17) is 5.11 Å². The van der Waals surface area contributed by atoms with Gasteiger partial charge >= 0.3 is 12.1 Å². The molecule has 1 saturated carbocycles. The molecule has 0 bridgehead atoms. The Morgan fingerprint density at radius 2 is 1.76 bits per heavy atom. The normalized spacial score (nSPS) is 24.5. The van der Waals surface area contributed by atoms with Crippen LogP contribution in [-0.2, 0) is 6.18 Å². The Morgan fingerprint density at radius 3 is 2.19 bits per heavy atom. The van der Waals surface area contributed by atoms with Crippen LogP contribution in [0.2, 0.25) is 0 Å². The quantitative estimate of drug-likeness (QED) is 0.902. The molecule has 1 aromatic rings. The average molecular weight is 301 g/mol. The molecule has 1 aliphatic carbocycles. The zero-order valence-electron chi connectivity index (χ0n) is 11.4. The van der Waals surface area contributed by atoms with Crippen molar-refractivity contribution in [2.45, 2.75) is 26.1 Å². The van der Waals surface area contributed by atoms with Gasteiger partial charge in [0, 0.05) is 6.04 Å². The number of hydrogen-bond donors (Lipinski definition) is 2. The third-order valence-electron chi connectivity index (χ3n) is 3.94. The van der Waals surface area contributed by atoms with Gasteiger partial charge in [-0.05, 0) is 30.0 Å². The standard InChI is InChI=1S/C14H14F3NO3/c1-6-7(2)11(6)18-12(19)9-4-3-8(13(20)21)5-10(9)14(15,16)17/h3-7,11H,1-2H3,(H,18,19)(H,20,21)/t6-,7+,11?.